The van der Waals surface area contributed by atoms with Crippen LogP contribution in [0.15, 0.2) is 60.9 Å². The minimum absolute atomic E-state index is 0.768. The number of aryl methyl sites for hydroxylation is 4. The van der Waals surface area contributed by atoms with Crippen molar-refractivity contribution >= 4 is 33.1 Å². The maximum absolute atomic E-state index is 5.57. The van der Waals surface area contributed by atoms with Gasteiger partial charge in [-0.3, -0.25) is 0 Å². The standard InChI is InChI=1S/C50H44N8/c1-3-5-11-34-36-17-13-27-23-31-9-7-21-51-48(31)55-40(27)44(36)53-46-38(34)19-15-29-25-33-26-30-16-20-39-35(12-6-4-2)37-18-14-28-24-32-10-8-22-52-49(32)56-41(28)45(37)54-47(39)43(30)58-50(33)57-42(29)46/h7-10,21-26H,3-6,11-20H2,1-2H3. The van der Waals surface area contributed by atoms with E-state index < -0.39 is 0 Å². The van der Waals surface area contributed by atoms with Crippen molar-refractivity contribution in [2.45, 2.75) is 104 Å². The first-order valence-corrected chi connectivity index (χ1v) is 21.6. The Morgan fingerprint density at radius 1 is 0.397 bits per heavy atom. The van der Waals surface area contributed by atoms with Crippen LogP contribution >= 0.6 is 0 Å². The van der Waals surface area contributed by atoms with Gasteiger partial charge in [0, 0.05) is 28.6 Å². The molecule has 58 heavy (non-hydrogen) atoms. The highest BCUT2D eigenvalue weighted by Gasteiger charge is 2.33. The van der Waals surface area contributed by atoms with E-state index in [1.807, 2.05) is 24.5 Å². The zero-order valence-corrected chi connectivity index (χ0v) is 33.3. The molecule has 0 N–H and O–H groups in total. The monoisotopic (exact) mass is 756 g/mol. The van der Waals surface area contributed by atoms with Gasteiger partial charge in [0.1, 0.15) is 0 Å². The average molecular weight is 757 g/mol. The first-order valence-electron chi connectivity index (χ1n) is 21.6. The maximum Gasteiger partial charge on any atom is 0.160 e. The fourth-order valence-electron chi connectivity index (χ4n) is 10.5. The van der Waals surface area contributed by atoms with Crippen LogP contribution in [0.3, 0.4) is 0 Å². The second kappa shape index (κ2) is 13.3. The number of aromatic nitrogens is 8. The molecule has 0 aliphatic heterocycles. The van der Waals surface area contributed by atoms with Crippen LogP contribution in [0.1, 0.15) is 95.2 Å². The third-order valence-electron chi connectivity index (χ3n) is 13.4. The Morgan fingerprint density at radius 2 is 0.759 bits per heavy atom. The first-order chi connectivity index (χ1) is 28.6. The second-order valence-electron chi connectivity index (χ2n) is 16.8. The average Bonchev–Trinajstić information content (AvgIpc) is 3.26. The van der Waals surface area contributed by atoms with Gasteiger partial charge in [0.05, 0.1) is 45.6 Å². The Morgan fingerprint density at radius 3 is 1.14 bits per heavy atom. The van der Waals surface area contributed by atoms with Crippen LogP contribution < -0.4 is 0 Å². The first kappa shape index (κ1) is 34.1. The minimum Gasteiger partial charge on any atom is -0.244 e. The smallest absolute Gasteiger partial charge is 0.160 e. The summed E-state index contributed by atoms with van der Waals surface area (Å²) in [7, 11) is 0. The van der Waals surface area contributed by atoms with Crippen molar-refractivity contribution < 1.29 is 0 Å². The van der Waals surface area contributed by atoms with Gasteiger partial charge in [0.2, 0.25) is 0 Å². The van der Waals surface area contributed by atoms with Gasteiger partial charge in [-0.2, -0.15) is 0 Å². The van der Waals surface area contributed by atoms with E-state index in [2.05, 4.69) is 60.2 Å². The summed E-state index contributed by atoms with van der Waals surface area (Å²) in [5.41, 5.74) is 23.8. The molecule has 0 aromatic carbocycles. The Hall–Kier alpha value is -6.02. The summed E-state index contributed by atoms with van der Waals surface area (Å²) in [6, 6.07) is 17.5. The lowest BCUT2D eigenvalue weighted by Crippen LogP contribution is -2.19. The Balaban J connectivity index is 1.04. The van der Waals surface area contributed by atoms with Crippen LogP contribution in [0.2, 0.25) is 0 Å². The lowest BCUT2D eigenvalue weighted by atomic mass is 9.80. The van der Waals surface area contributed by atoms with Crippen molar-refractivity contribution in [1.29, 1.82) is 0 Å². The van der Waals surface area contributed by atoms with E-state index in [1.54, 1.807) is 0 Å². The maximum atomic E-state index is 5.57. The van der Waals surface area contributed by atoms with Crippen LogP contribution in [-0.4, -0.2) is 39.9 Å². The largest absolute Gasteiger partial charge is 0.244 e. The summed E-state index contributed by atoms with van der Waals surface area (Å²) < 4.78 is 0. The van der Waals surface area contributed by atoms with Crippen LogP contribution in [0.25, 0.3) is 78.7 Å². The van der Waals surface area contributed by atoms with E-state index in [1.165, 1.54) is 55.6 Å². The van der Waals surface area contributed by atoms with Gasteiger partial charge < -0.3 is 0 Å². The summed E-state index contributed by atoms with van der Waals surface area (Å²) >= 11 is 0. The fourth-order valence-corrected chi connectivity index (χ4v) is 10.5. The number of hydrogen-bond acceptors (Lipinski definition) is 8. The predicted molar refractivity (Wildman–Crippen MR) is 230 cm³/mol. The number of nitrogens with zero attached hydrogens (tertiary/aromatic N) is 8. The van der Waals surface area contributed by atoms with E-state index in [9.17, 15) is 0 Å². The summed E-state index contributed by atoms with van der Waals surface area (Å²) in [4.78, 5) is 41.7. The van der Waals surface area contributed by atoms with Crippen molar-refractivity contribution in [2.75, 3.05) is 0 Å². The third kappa shape index (κ3) is 5.19. The molecule has 0 saturated heterocycles. The minimum atomic E-state index is 0.768. The molecule has 0 fully saturated rings. The highest BCUT2D eigenvalue weighted by molar-refractivity contribution is 5.89. The van der Waals surface area contributed by atoms with Crippen molar-refractivity contribution in [3.63, 3.8) is 0 Å². The number of hydrogen-bond donors (Lipinski definition) is 0. The molecule has 8 aromatic heterocycles. The molecule has 0 radical (unpaired) electrons. The summed E-state index contributed by atoms with van der Waals surface area (Å²) in [5, 5.41) is 3.27. The van der Waals surface area contributed by atoms with E-state index in [4.69, 9.17) is 29.9 Å². The number of fused-ring (bicyclic) bond motifs is 15. The zero-order chi connectivity index (χ0) is 38.5. The molecule has 4 aliphatic carbocycles. The van der Waals surface area contributed by atoms with Crippen LogP contribution in [-0.2, 0) is 64.2 Å². The van der Waals surface area contributed by atoms with E-state index in [-0.39, 0.29) is 0 Å². The molecule has 0 spiro atoms. The normalized spacial score (nSPS) is 14.6. The molecule has 284 valence electrons. The Bertz CT molecular complexity index is 2860. The zero-order valence-electron chi connectivity index (χ0n) is 33.3. The molecule has 8 aromatic rings. The molecule has 0 amide bonds. The van der Waals surface area contributed by atoms with Crippen LogP contribution in [0.4, 0.5) is 0 Å². The molecule has 4 aliphatic rings. The van der Waals surface area contributed by atoms with Gasteiger partial charge in [0.15, 0.2) is 16.9 Å². The van der Waals surface area contributed by atoms with Gasteiger partial charge in [-0.05, 0) is 181 Å². The number of pyridine rings is 8. The van der Waals surface area contributed by atoms with Crippen LogP contribution in [0, 0.1) is 0 Å². The molecule has 0 atom stereocenters. The quantitative estimate of drug-likeness (QED) is 0.165. The lowest BCUT2D eigenvalue weighted by molar-refractivity contribution is 0.758. The van der Waals surface area contributed by atoms with E-state index in [0.29, 0.717) is 0 Å². The predicted octanol–water partition coefficient (Wildman–Crippen LogP) is 10.1. The molecule has 12 rings (SSSR count). The Kier molecular flexibility index (Phi) is 7.79. The SMILES string of the molecule is CCCCc1c2c(nc3c1CCc1cc4cc5c(nc4nc1-3)-c1nc3c(c(CCCC)c1CC5)CCc1cc4cccnc4nc1-3)-c1nc3ncccc3cc1CC2. The molecule has 8 heterocycles. The summed E-state index contributed by atoms with van der Waals surface area (Å²) in [6.07, 6.45) is 18.2. The number of rotatable bonds is 6. The highest BCUT2D eigenvalue weighted by Crippen LogP contribution is 2.45. The lowest BCUT2D eigenvalue weighted by Gasteiger charge is -2.29. The molecule has 0 bridgehead atoms. The van der Waals surface area contributed by atoms with Gasteiger partial charge in [-0.15, -0.1) is 0 Å². The summed E-state index contributed by atoms with van der Waals surface area (Å²) in [6.45, 7) is 4.57. The molecule has 0 unspecified atom stereocenters. The number of unbranched alkanes of at least 4 members (excludes halogenated alkanes) is 2. The van der Waals surface area contributed by atoms with Gasteiger partial charge in [0.25, 0.3) is 0 Å². The Labute approximate surface area is 337 Å². The van der Waals surface area contributed by atoms with Crippen LogP contribution in [0.5, 0.6) is 0 Å². The van der Waals surface area contributed by atoms with Gasteiger partial charge >= 0.3 is 0 Å². The molecule has 8 heteroatoms. The van der Waals surface area contributed by atoms with Crippen molar-refractivity contribution in [3.05, 3.63) is 117 Å². The second-order valence-corrected chi connectivity index (χ2v) is 16.8. The molecular weight excluding hydrogens is 713 g/mol. The van der Waals surface area contributed by atoms with Crippen molar-refractivity contribution in [1.82, 2.24) is 39.9 Å². The van der Waals surface area contributed by atoms with Crippen molar-refractivity contribution in [2.24, 2.45) is 0 Å². The molecule has 0 saturated carbocycles. The van der Waals surface area contributed by atoms with E-state index in [0.717, 1.165) is 169 Å². The topological polar surface area (TPSA) is 103 Å². The molecular formula is C50H44N8. The van der Waals surface area contributed by atoms with Crippen molar-refractivity contribution in [3.8, 4) is 45.6 Å². The molecule has 8 nitrogen and oxygen atoms in total. The highest BCUT2D eigenvalue weighted by atomic mass is 14.9. The van der Waals surface area contributed by atoms with Gasteiger partial charge in [-0.1, -0.05) is 26.7 Å². The third-order valence-corrected chi connectivity index (χ3v) is 13.4. The fraction of sp³-hybridized carbons (Fsp3) is 0.320. The summed E-state index contributed by atoms with van der Waals surface area (Å²) in [5.74, 6) is 0. The van der Waals surface area contributed by atoms with Gasteiger partial charge in [-0.25, -0.2) is 39.9 Å². The van der Waals surface area contributed by atoms with E-state index >= 15 is 0 Å².